The van der Waals surface area contributed by atoms with Gasteiger partial charge in [0.15, 0.2) is 0 Å². The number of anilines is 1. The lowest BCUT2D eigenvalue weighted by atomic mass is 10.2. The topological polar surface area (TPSA) is 97.0 Å². The lowest BCUT2D eigenvalue weighted by molar-refractivity contribution is 0.102. The van der Waals surface area contributed by atoms with Crippen LogP contribution < -0.4 is 15.6 Å². The molecule has 2 N–H and O–H groups in total. The molecular weight excluding hydrogens is 296 g/mol. The summed E-state index contributed by atoms with van der Waals surface area (Å²) in [6.45, 7) is 0. The molecule has 1 amide bonds. The Bertz CT molecular complexity index is 878. The number of aromatic nitrogens is 3. The number of nitrogens with zero attached hydrogens (tertiary/aromatic N) is 2. The van der Waals surface area contributed by atoms with Crippen LogP contribution in [0.2, 0.25) is 0 Å². The highest BCUT2D eigenvalue weighted by Gasteiger charge is 2.10. The fourth-order valence-electron chi connectivity index (χ4n) is 1.88. The van der Waals surface area contributed by atoms with Gasteiger partial charge in [-0.15, -0.1) is 0 Å². The first kappa shape index (κ1) is 14.5. The summed E-state index contributed by atoms with van der Waals surface area (Å²) in [6, 6.07) is 11.6. The second-order valence-electron chi connectivity index (χ2n) is 4.53. The van der Waals surface area contributed by atoms with Crippen molar-refractivity contribution in [1.82, 2.24) is 15.0 Å². The number of H-pyrrole nitrogens is 1. The summed E-state index contributed by atoms with van der Waals surface area (Å²) in [5.74, 6) is -0.0315. The van der Waals surface area contributed by atoms with Gasteiger partial charge in [-0.1, -0.05) is 6.07 Å². The van der Waals surface area contributed by atoms with E-state index in [0.29, 0.717) is 11.4 Å². The van der Waals surface area contributed by atoms with E-state index in [2.05, 4.69) is 20.3 Å². The van der Waals surface area contributed by atoms with Gasteiger partial charge in [-0.25, -0.2) is 9.97 Å². The number of amides is 1. The lowest BCUT2D eigenvalue weighted by Crippen LogP contribution is -2.22. The standard InChI is InChI=1S/C16H12N4O3/c21-14-13(6-2-7-17-14)15(22)20-11-4-1-5-12(10-11)23-16-18-8-3-9-19-16/h1-10H,(H,17,21)(H,20,22). The Morgan fingerprint density at radius 1 is 1.09 bits per heavy atom. The fourth-order valence-corrected chi connectivity index (χ4v) is 1.88. The van der Waals surface area contributed by atoms with Crippen molar-refractivity contribution < 1.29 is 9.53 Å². The van der Waals surface area contributed by atoms with E-state index in [1.54, 1.807) is 48.8 Å². The number of hydrogen-bond donors (Lipinski definition) is 2. The zero-order chi connectivity index (χ0) is 16.1. The van der Waals surface area contributed by atoms with Crippen LogP contribution in [0.1, 0.15) is 10.4 Å². The lowest BCUT2D eigenvalue weighted by Gasteiger charge is -2.07. The number of rotatable bonds is 4. The molecule has 114 valence electrons. The van der Waals surface area contributed by atoms with Crippen molar-refractivity contribution in [3.05, 3.63) is 77.0 Å². The molecule has 0 aliphatic heterocycles. The van der Waals surface area contributed by atoms with Crippen molar-refractivity contribution >= 4 is 11.6 Å². The molecule has 0 unspecified atom stereocenters. The predicted octanol–water partition coefficient (Wildman–Crippen LogP) is 2.21. The van der Waals surface area contributed by atoms with Gasteiger partial charge in [-0.05, 0) is 30.3 Å². The van der Waals surface area contributed by atoms with Crippen molar-refractivity contribution in [2.24, 2.45) is 0 Å². The van der Waals surface area contributed by atoms with E-state index in [9.17, 15) is 9.59 Å². The number of ether oxygens (including phenoxy) is 1. The Kier molecular flexibility index (Phi) is 4.10. The highest BCUT2D eigenvalue weighted by atomic mass is 16.5. The van der Waals surface area contributed by atoms with E-state index < -0.39 is 11.5 Å². The Morgan fingerprint density at radius 2 is 1.91 bits per heavy atom. The van der Waals surface area contributed by atoms with Crippen LogP contribution in [0.15, 0.2) is 65.8 Å². The van der Waals surface area contributed by atoms with Crippen LogP contribution in [0.5, 0.6) is 11.8 Å². The largest absolute Gasteiger partial charge is 0.424 e. The molecule has 0 fully saturated rings. The third-order valence-electron chi connectivity index (χ3n) is 2.91. The molecule has 7 nitrogen and oxygen atoms in total. The van der Waals surface area contributed by atoms with Crippen molar-refractivity contribution in [3.8, 4) is 11.8 Å². The second kappa shape index (κ2) is 6.52. The molecule has 23 heavy (non-hydrogen) atoms. The molecule has 7 heteroatoms. The summed E-state index contributed by atoms with van der Waals surface area (Å²) in [6.07, 6.45) is 4.60. The average Bonchev–Trinajstić information content (AvgIpc) is 2.56. The summed E-state index contributed by atoms with van der Waals surface area (Å²) >= 11 is 0. The monoisotopic (exact) mass is 308 g/mol. The molecule has 3 aromatic rings. The Balaban J connectivity index is 1.77. The third-order valence-corrected chi connectivity index (χ3v) is 2.91. The van der Waals surface area contributed by atoms with Gasteiger partial charge in [-0.3, -0.25) is 9.59 Å². The molecule has 2 heterocycles. The van der Waals surface area contributed by atoms with E-state index in [1.165, 1.54) is 12.3 Å². The van der Waals surface area contributed by atoms with Gasteiger partial charge in [0, 0.05) is 30.3 Å². The fraction of sp³-hybridized carbons (Fsp3) is 0. The van der Waals surface area contributed by atoms with E-state index in [0.717, 1.165) is 0 Å². The molecule has 0 atom stereocenters. The van der Waals surface area contributed by atoms with Gasteiger partial charge in [-0.2, -0.15) is 0 Å². The minimum Gasteiger partial charge on any atom is -0.424 e. The summed E-state index contributed by atoms with van der Waals surface area (Å²) in [5.41, 5.74) is 0.0759. The Labute approximate surface area is 131 Å². The normalized spacial score (nSPS) is 10.1. The smallest absolute Gasteiger partial charge is 0.321 e. The van der Waals surface area contributed by atoms with E-state index in [1.807, 2.05) is 0 Å². The van der Waals surface area contributed by atoms with Crippen LogP contribution in [0.25, 0.3) is 0 Å². The average molecular weight is 308 g/mol. The quantitative estimate of drug-likeness (QED) is 0.770. The highest BCUT2D eigenvalue weighted by molar-refractivity contribution is 6.04. The molecule has 3 rings (SSSR count). The zero-order valence-corrected chi connectivity index (χ0v) is 11.9. The number of aromatic amines is 1. The zero-order valence-electron chi connectivity index (χ0n) is 11.9. The van der Waals surface area contributed by atoms with Crippen LogP contribution >= 0.6 is 0 Å². The number of hydrogen-bond acceptors (Lipinski definition) is 5. The molecule has 0 aliphatic rings. The maximum atomic E-state index is 12.1. The van der Waals surface area contributed by atoms with Crippen molar-refractivity contribution in [1.29, 1.82) is 0 Å². The van der Waals surface area contributed by atoms with Crippen molar-refractivity contribution in [2.45, 2.75) is 0 Å². The summed E-state index contributed by atoms with van der Waals surface area (Å²) in [7, 11) is 0. The second-order valence-corrected chi connectivity index (χ2v) is 4.53. The summed E-state index contributed by atoms with van der Waals surface area (Å²) in [5, 5.41) is 2.65. The molecule has 2 aromatic heterocycles. The van der Waals surface area contributed by atoms with Crippen LogP contribution in [0.4, 0.5) is 5.69 Å². The van der Waals surface area contributed by atoms with Gasteiger partial charge in [0.2, 0.25) is 0 Å². The molecule has 0 spiro atoms. The van der Waals surface area contributed by atoms with Crippen molar-refractivity contribution in [2.75, 3.05) is 5.32 Å². The Hall–Kier alpha value is -3.48. The number of nitrogens with one attached hydrogen (secondary N) is 2. The number of carbonyl (C=O) groups excluding carboxylic acids is 1. The van der Waals surface area contributed by atoms with E-state index in [-0.39, 0.29) is 11.6 Å². The van der Waals surface area contributed by atoms with Crippen LogP contribution in [0, 0.1) is 0 Å². The first-order valence-electron chi connectivity index (χ1n) is 6.76. The van der Waals surface area contributed by atoms with Crippen LogP contribution in [-0.2, 0) is 0 Å². The molecule has 0 aliphatic carbocycles. The molecule has 0 saturated heterocycles. The number of pyridine rings is 1. The maximum Gasteiger partial charge on any atom is 0.321 e. The van der Waals surface area contributed by atoms with Crippen LogP contribution in [0.3, 0.4) is 0 Å². The minimum atomic E-state index is -0.500. The van der Waals surface area contributed by atoms with Gasteiger partial charge in [0.25, 0.3) is 11.5 Å². The van der Waals surface area contributed by atoms with Gasteiger partial charge in [0.05, 0.1) is 0 Å². The van der Waals surface area contributed by atoms with Gasteiger partial charge in [0.1, 0.15) is 11.3 Å². The summed E-state index contributed by atoms with van der Waals surface area (Å²) < 4.78 is 5.49. The minimum absolute atomic E-state index is 0.0326. The SMILES string of the molecule is O=C(Nc1cccc(Oc2ncccn2)c1)c1ccc[nH]c1=O. The molecule has 1 aromatic carbocycles. The third kappa shape index (κ3) is 3.59. The Morgan fingerprint density at radius 3 is 2.70 bits per heavy atom. The predicted molar refractivity (Wildman–Crippen MR) is 83.6 cm³/mol. The molecule has 0 radical (unpaired) electrons. The molecular formula is C16H12N4O3. The van der Waals surface area contributed by atoms with Crippen molar-refractivity contribution in [3.63, 3.8) is 0 Å². The highest BCUT2D eigenvalue weighted by Crippen LogP contribution is 2.21. The van der Waals surface area contributed by atoms with Crippen LogP contribution in [-0.4, -0.2) is 20.9 Å². The summed E-state index contributed by atoms with van der Waals surface area (Å²) in [4.78, 5) is 34.1. The van der Waals surface area contributed by atoms with E-state index in [4.69, 9.17) is 4.74 Å². The number of benzene rings is 1. The first-order chi connectivity index (χ1) is 11.2. The first-order valence-corrected chi connectivity index (χ1v) is 6.76. The molecule has 0 saturated carbocycles. The van der Waals surface area contributed by atoms with E-state index >= 15 is 0 Å². The van der Waals surface area contributed by atoms with Gasteiger partial charge < -0.3 is 15.0 Å². The number of carbonyl (C=O) groups is 1. The molecule has 0 bridgehead atoms. The maximum absolute atomic E-state index is 12.1. The van der Waals surface area contributed by atoms with Gasteiger partial charge >= 0.3 is 6.01 Å².